The number of carbonyl (C=O) groups excluding carboxylic acids is 1. The third-order valence-electron chi connectivity index (χ3n) is 2.52. The van der Waals surface area contributed by atoms with Crippen LogP contribution in [0.3, 0.4) is 0 Å². The second-order valence-electron chi connectivity index (χ2n) is 3.57. The molecule has 0 spiro atoms. The summed E-state index contributed by atoms with van der Waals surface area (Å²) in [5.74, 6) is 0.121. The van der Waals surface area contributed by atoms with E-state index in [-0.39, 0.29) is 11.7 Å². The third-order valence-corrected chi connectivity index (χ3v) is 2.52. The molecule has 1 fully saturated rings. The number of nitrogens with one attached hydrogen (secondary N) is 1. The molecule has 1 saturated heterocycles. The Labute approximate surface area is 87.8 Å². The maximum atomic E-state index is 11.1. The van der Waals surface area contributed by atoms with Crippen LogP contribution < -0.4 is 5.32 Å². The lowest BCUT2D eigenvalue weighted by atomic mass is 10.1. The molecule has 1 aliphatic heterocycles. The molecule has 82 valence electrons. The Hall–Kier alpha value is -1.36. The molecule has 1 aliphatic rings. The normalized spacial score (nSPS) is 21.3. The molecule has 2 rings (SSSR count). The van der Waals surface area contributed by atoms with Crippen LogP contribution in [-0.4, -0.2) is 24.6 Å². The van der Waals surface area contributed by atoms with E-state index < -0.39 is 5.97 Å². The van der Waals surface area contributed by atoms with Crippen molar-refractivity contribution in [1.29, 1.82) is 0 Å². The average molecular weight is 210 g/mol. The van der Waals surface area contributed by atoms with Crippen LogP contribution >= 0.6 is 0 Å². The first-order chi connectivity index (χ1) is 7.31. The summed E-state index contributed by atoms with van der Waals surface area (Å²) in [6.07, 6.45) is 4.69. The van der Waals surface area contributed by atoms with Gasteiger partial charge in [-0.15, -0.1) is 0 Å². The monoisotopic (exact) mass is 210 g/mol. The van der Waals surface area contributed by atoms with Crippen LogP contribution in [0.15, 0.2) is 10.7 Å². The minimum atomic E-state index is -0.458. The number of hydrogen-bond acceptors (Lipinski definition) is 5. The maximum absolute atomic E-state index is 11.1. The molecule has 0 aromatic carbocycles. The van der Waals surface area contributed by atoms with E-state index in [4.69, 9.17) is 4.42 Å². The second kappa shape index (κ2) is 4.44. The number of hydrogen-bond donors (Lipinski definition) is 1. The zero-order valence-electron chi connectivity index (χ0n) is 8.66. The highest BCUT2D eigenvalue weighted by atomic mass is 16.5. The summed E-state index contributed by atoms with van der Waals surface area (Å²) >= 11 is 0. The molecule has 15 heavy (non-hydrogen) atoms. The van der Waals surface area contributed by atoms with Gasteiger partial charge in [0.25, 0.3) is 0 Å². The number of ether oxygens (including phenoxy) is 1. The van der Waals surface area contributed by atoms with Gasteiger partial charge in [0.15, 0.2) is 5.69 Å². The van der Waals surface area contributed by atoms with Crippen molar-refractivity contribution in [3.63, 3.8) is 0 Å². The van der Waals surface area contributed by atoms with Crippen LogP contribution in [-0.2, 0) is 4.74 Å². The van der Waals surface area contributed by atoms with Crippen molar-refractivity contribution < 1.29 is 13.9 Å². The summed E-state index contributed by atoms with van der Waals surface area (Å²) in [5, 5.41) is 3.30. The number of aromatic nitrogens is 1. The molecule has 2 heterocycles. The first kappa shape index (κ1) is 10.2. The van der Waals surface area contributed by atoms with Gasteiger partial charge in [-0.25, -0.2) is 9.78 Å². The van der Waals surface area contributed by atoms with Crippen LogP contribution in [0.25, 0.3) is 0 Å². The molecule has 5 nitrogen and oxygen atoms in total. The Bertz CT molecular complexity index is 342. The van der Waals surface area contributed by atoms with Crippen molar-refractivity contribution in [3.8, 4) is 0 Å². The van der Waals surface area contributed by atoms with Crippen molar-refractivity contribution in [2.75, 3.05) is 13.7 Å². The molecule has 0 amide bonds. The first-order valence-electron chi connectivity index (χ1n) is 5.08. The van der Waals surface area contributed by atoms with Gasteiger partial charge >= 0.3 is 5.97 Å². The van der Waals surface area contributed by atoms with E-state index in [0.717, 1.165) is 19.4 Å². The lowest BCUT2D eigenvalue weighted by Gasteiger charge is -2.19. The number of carbonyl (C=O) groups is 1. The molecule has 0 unspecified atom stereocenters. The summed E-state index contributed by atoms with van der Waals surface area (Å²) < 4.78 is 9.81. The first-order valence-corrected chi connectivity index (χ1v) is 5.08. The maximum Gasteiger partial charge on any atom is 0.360 e. The highest BCUT2D eigenvalue weighted by molar-refractivity contribution is 5.86. The molecule has 1 aromatic rings. The van der Waals surface area contributed by atoms with Crippen molar-refractivity contribution >= 4 is 5.97 Å². The standard InChI is InChI=1S/C10H14N2O3/c1-14-10(13)8-6-15-9(12-8)7-4-2-3-5-11-7/h6-7,11H,2-5H2,1H3/t7-/m0/s1. The number of nitrogens with zero attached hydrogens (tertiary/aromatic N) is 1. The molecule has 1 aromatic heterocycles. The van der Waals surface area contributed by atoms with E-state index in [1.54, 1.807) is 0 Å². The average Bonchev–Trinajstić information content (AvgIpc) is 2.78. The van der Waals surface area contributed by atoms with Crippen molar-refractivity contribution in [2.45, 2.75) is 25.3 Å². The van der Waals surface area contributed by atoms with Crippen LogP contribution in [0.1, 0.15) is 41.7 Å². The SMILES string of the molecule is COC(=O)c1coc([C@@H]2CCCCN2)n1. The van der Waals surface area contributed by atoms with Gasteiger partial charge in [-0.3, -0.25) is 0 Å². The van der Waals surface area contributed by atoms with Gasteiger partial charge in [0.05, 0.1) is 13.2 Å². The Balaban J connectivity index is 2.08. The summed E-state index contributed by atoms with van der Waals surface area (Å²) in [7, 11) is 1.33. The second-order valence-corrected chi connectivity index (χ2v) is 3.57. The predicted octanol–water partition coefficient (Wildman–Crippen LogP) is 1.28. The van der Waals surface area contributed by atoms with Crippen molar-refractivity contribution in [3.05, 3.63) is 17.8 Å². The van der Waals surface area contributed by atoms with Gasteiger partial charge in [0.2, 0.25) is 5.89 Å². The number of oxazole rings is 1. The van der Waals surface area contributed by atoms with Gasteiger partial charge in [-0.05, 0) is 19.4 Å². The van der Waals surface area contributed by atoms with Gasteiger partial charge in [-0.2, -0.15) is 0 Å². The number of methoxy groups -OCH3 is 1. The summed E-state index contributed by atoms with van der Waals surface area (Å²) in [6.45, 7) is 0.973. The van der Waals surface area contributed by atoms with E-state index in [2.05, 4.69) is 15.0 Å². The van der Waals surface area contributed by atoms with Crippen LogP contribution in [0, 0.1) is 0 Å². The Morgan fingerprint density at radius 3 is 3.20 bits per heavy atom. The predicted molar refractivity (Wildman–Crippen MR) is 52.4 cm³/mol. The lowest BCUT2D eigenvalue weighted by Crippen LogP contribution is -2.27. The van der Waals surface area contributed by atoms with Crippen LogP contribution in [0.2, 0.25) is 0 Å². The molecule has 0 bridgehead atoms. The number of esters is 1. The third kappa shape index (κ3) is 2.18. The molecule has 0 saturated carbocycles. The Kier molecular flexibility index (Phi) is 3.01. The minimum absolute atomic E-state index is 0.136. The molecule has 0 radical (unpaired) electrons. The van der Waals surface area contributed by atoms with Crippen molar-refractivity contribution in [2.24, 2.45) is 0 Å². The summed E-state index contributed by atoms with van der Waals surface area (Å²) in [5.41, 5.74) is 0.236. The van der Waals surface area contributed by atoms with Gasteiger partial charge in [0.1, 0.15) is 6.26 Å². The minimum Gasteiger partial charge on any atom is -0.464 e. The molecule has 1 N–H and O–H groups in total. The fourth-order valence-corrected chi connectivity index (χ4v) is 1.71. The molecular weight excluding hydrogens is 196 g/mol. The Morgan fingerprint density at radius 1 is 1.67 bits per heavy atom. The van der Waals surface area contributed by atoms with Gasteiger partial charge in [-0.1, -0.05) is 6.42 Å². The lowest BCUT2D eigenvalue weighted by molar-refractivity contribution is 0.0594. The molecule has 0 aliphatic carbocycles. The van der Waals surface area contributed by atoms with Gasteiger partial charge < -0.3 is 14.5 Å². The highest BCUT2D eigenvalue weighted by Crippen LogP contribution is 2.22. The fourth-order valence-electron chi connectivity index (χ4n) is 1.71. The van der Waals surface area contributed by atoms with Gasteiger partial charge in [0, 0.05) is 0 Å². The number of rotatable bonds is 2. The van der Waals surface area contributed by atoms with E-state index >= 15 is 0 Å². The van der Waals surface area contributed by atoms with E-state index in [9.17, 15) is 4.79 Å². The highest BCUT2D eigenvalue weighted by Gasteiger charge is 2.21. The van der Waals surface area contributed by atoms with Crippen LogP contribution in [0.5, 0.6) is 0 Å². The topological polar surface area (TPSA) is 64.4 Å². The molecule has 5 heteroatoms. The Morgan fingerprint density at radius 2 is 2.53 bits per heavy atom. The smallest absolute Gasteiger partial charge is 0.360 e. The van der Waals surface area contributed by atoms with E-state index in [0.29, 0.717) is 5.89 Å². The molecule has 1 atom stereocenters. The zero-order chi connectivity index (χ0) is 10.7. The van der Waals surface area contributed by atoms with E-state index in [1.165, 1.54) is 19.8 Å². The largest absolute Gasteiger partial charge is 0.464 e. The molecular formula is C10H14N2O3. The summed E-state index contributed by atoms with van der Waals surface area (Å²) in [4.78, 5) is 15.2. The fraction of sp³-hybridized carbons (Fsp3) is 0.600. The number of piperidine rings is 1. The summed E-state index contributed by atoms with van der Waals surface area (Å²) in [6, 6.07) is 0.136. The quantitative estimate of drug-likeness (QED) is 0.745. The van der Waals surface area contributed by atoms with E-state index in [1.807, 2.05) is 0 Å². The van der Waals surface area contributed by atoms with Crippen LogP contribution in [0.4, 0.5) is 0 Å². The van der Waals surface area contributed by atoms with Crippen molar-refractivity contribution in [1.82, 2.24) is 10.3 Å². The zero-order valence-corrected chi connectivity index (χ0v) is 8.66.